The highest BCUT2D eigenvalue weighted by Crippen LogP contribution is 2.36. The van der Waals surface area contributed by atoms with Crippen molar-refractivity contribution in [3.05, 3.63) is 94.4 Å². The molecule has 2 N–H and O–H groups in total. The Morgan fingerprint density at radius 3 is 2.46 bits per heavy atom. The van der Waals surface area contributed by atoms with Crippen molar-refractivity contribution in [2.24, 2.45) is 5.41 Å². The van der Waals surface area contributed by atoms with Gasteiger partial charge in [0.05, 0.1) is 27.2 Å². The Hall–Kier alpha value is -4.97. The maximum Gasteiger partial charge on any atom is 0.337 e. The Kier molecular flexibility index (Phi) is 7.71. The molecule has 6 rings (SSSR count). The first kappa shape index (κ1) is 31.0. The first-order valence-corrected chi connectivity index (χ1v) is 16.4. The van der Waals surface area contributed by atoms with E-state index in [0.717, 1.165) is 11.1 Å². The maximum absolute atomic E-state index is 13.8. The Balaban J connectivity index is 1.46. The minimum Gasteiger partial charge on any atom is -0.478 e. The van der Waals surface area contributed by atoms with Gasteiger partial charge in [-0.05, 0) is 62.1 Å². The number of aromatic carboxylic acids is 1. The number of carbonyl (C=O) groups excluding carboxylic acids is 1. The fourth-order valence-electron chi connectivity index (χ4n) is 6.01. The van der Waals surface area contributed by atoms with Gasteiger partial charge in [0.15, 0.2) is 0 Å². The second kappa shape index (κ2) is 11.4. The van der Waals surface area contributed by atoms with Crippen LogP contribution < -0.4 is 4.72 Å². The number of fused-ring (bicyclic) bond motifs is 1. The van der Waals surface area contributed by atoms with Crippen LogP contribution >= 0.6 is 0 Å². The molecule has 11 nitrogen and oxygen atoms in total. The van der Waals surface area contributed by atoms with Gasteiger partial charge in [-0.3, -0.25) is 4.79 Å². The molecule has 0 unspecified atom stereocenters. The number of nitrogens with zero attached hydrogens (tertiary/aromatic N) is 4. The lowest BCUT2D eigenvalue weighted by Crippen LogP contribution is -2.30. The standard InChI is InChI=1S/C34H35N5O6S/c1-20-21(2)36-45-31(20)37-46(43,44)29-12-7-6-9-26(29)25-14-13-23(17-24(25)19-38-16-15-34(4,5)33(38)42)18-39-22(3)35-28-11-8-10-27(30(28)39)32(40)41/h6-14,17,37H,15-16,18-19H2,1-5H3,(H,40,41). The zero-order valence-corrected chi connectivity index (χ0v) is 27.1. The third-order valence-electron chi connectivity index (χ3n) is 8.78. The number of likely N-dealkylation sites (tertiary alicyclic amines) is 1. The molecule has 1 aliphatic rings. The largest absolute Gasteiger partial charge is 0.478 e. The smallest absolute Gasteiger partial charge is 0.337 e. The number of sulfonamides is 1. The van der Waals surface area contributed by atoms with Gasteiger partial charge < -0.3 is 19.1 Å². The summed E-state index contributed by atoms with van der Waals surface area (Å²) in [6.07, 6.45) is 0.712. The fraction of sp³-hybridized carbons (Fsp3) is 0.294. The Bertz CT molecular complexity index is 2130. The number of nitrogens with one attached hydrogen (secondary N) is 1. The molecule has 238 valence electrons. The van der Waals surface area contributed by atoms with Crippen LogP contribution in [0.25, 0.3) is 22.2 Å². The normalized spacial score (nSPS) is 14.7. The lowest BCUT2D eigenvalue weighted by molar-refractivity contribution is -0.135. The van der Waals surface area contributed by atoms with E-state index >= 15 is 0 Å². The van der Waals surface area contributed by atoms with Gasteiger partial charge >= 0.3 is 5.97 Å². The number of amides is 1. The van der Waals surface area contributed by atoms with Crippen LogP contribution in [0.2, 0.25) is 0 Å². The highest BCUT2D eigenvalue weighted by atomic mass is 32.2. The number of hydrogen-bond donors (Lipinski definition) is 2. The first-order chi connectivity index (χ1) is 21.8. The van der Waals surface area contributed by atoms with Crippen molar-refractivity contribution in [2.45, 2.75) is 59.0 Å². The molecule has 1 aliphatic heterocycles. The molecular weight excluding hydrogens is 606 g/mol. The fourth-order valence-corrected chi connectivity index (χ4v) is 7.28. The predicted molar refractivity (Wildman–Crippen MR) is 173 cm³/mol. The number of imidazole rings is 1. The van der Waals surface area contributed by atoms with Gasteiger partial charge in [0, 0.05) is 36.2 Å². The Morgan fingerprint density at radius 1 is 1.02 bits per heavy atom. The summed E-state index contributed by atoms with van der Waals surface area (Å²) < 4.78 is 37.2. The Labute approximate surface area is 266 Å². The average molecular weight is 642 g/mol. The van der Waals surface area contributed by atoms with Crippen LogP contribution in [0.15, 0.2) is 70.1 Å². The van der Waals surface area contributed by atoms with E-state index in [1.54, 1.807) is 55.1 Å². The molecule has 46 heavy (non-hydrogen) atoms. The number of carboxylic acids is 1. The summed E-state index contributed by atoms with van der Waals surface area (Å²) in [6, 6.07) is 17.4. The van der Waals surface area contributed by atoms with Crippen molar-refractivity contribution >= 4 is 38.8 Å². The summed E-state index contributed by atoms with van der Waals surface area (Å²) in [4.78, 5) is 31.8. The van der Waals surface area contributed by atoms with Gasteiger partial charge in [-0.2, -0.15) is 0 Å². The minimum atomic E-state index is -4.10. The lowest BCUT2D eigenvalue weighted by Gasteiger charge is -2.23. The highest BCUT2D eigenvalue weighted by molar-refractivity contribution is 7.92. The molecule has 1 amide bonds. The van der Waals surface area contributed by atoms with E-state index in [-0.39, 0.29) is 28.8 Å². The van der Waals surface area contributed by atoms with E-state index in [9.17, 15) is 23.1 Å². The van der Waals surface area contributed by atoms with E-state index in [0.29, 0.717) is 58.8 Å². The van der Waals surface area contributed by atoms with Crippen molar-refractivity contribution in [3.63, 3.8) is 0 Å². The van der Waals surface area contributed by atoms with E-state index < -0.39 is 21.4 Å². The quantitative estimate of drug-likeness (QED) is 0.202. The maximum atomic E-state index is 13.8. The highest BCUT2D eigenvalue weighted by Gasteiger charge is 2.38. The van der Waals surface area contributed by atoms with Crippen molar-refractivity contribution in [2.75, 3.05) is 11.3 Å². The van der Waals surface area contributed by atoms with Gasteiger partial charge in [-0.1, -0.05) is 61.5 Å². The number of aryl methyl sites for hydroxylation is 2. The molecule has 0 spiro atoms. The zero-order valence-electron chi connectivity index (χ0n) is 26.3. The molecule has 5 aromatic rings. The van der Waals surface area contributed by atoms with Gasteiger partial charge in [-0.15, -0.1) is 0 Å². The topological polar surface area (TPSA) is 148 Å². The van der Waals surface area contributed by atoms with Crippen molar-refractivity contribution in [1.29, 1.82) is 0 Å². The van der Waals surface area contributed by atoms with Gasteiger partial charge in [0.2, 0.25) is 11.8 Å². The number of aromatic nitrogens is 3. The summed E-state index contributed by atoms with van der Waals surface area (Å²) >= 11 is 0. The number of para-hydroxylation sites is 1. The van der Waals surface area contributed by atoms with E-state index in [2.05, 4.69) is 14.9 Å². The molecule has 0 radical (unpaired) electrons. The minimum absolute atomic E-state index is 0.0325. The van der Waals surface area contributed by atoms with Crippen molar-refractivity contribution < 1.29 is 27.6 Å². The summed E-state index contributed by atoms with van der Waals surface area (Å²) in [7, 11) is -4.10. The molecule has 0 atom stereocenters. The SMILES string of the molecule is Cc1noc(NS(=O)(=O)c2ccccc2-c2ccc(Cn3c(C)nc4cccc(C(=O)O)c43)cc2CN2CCC(C)(C)C2=O)c1C. The third kappa shape index (κ3) is 5.53. The number of benzene rings is 3. The summed E-state index contributed by atoms with van der Waals surface area (Å²) in [6.45, 7) is 10.3. The summed E-state index contributed by atoms with van der Waals surface area (Å²) in [5, 5.41) is 13.7. The molecule has 2 aromatic heterocycles. The summed E-state index contributed by atoms with van der Waals surface area (Å²) in [5.74, 6) is -0.298. The van der Waals surface area contributed by atoms with Crippen molar-refractivity contribution in [3.8, 4) is 11.1 Å². The molecule has 0 saturated carbocycles. The first-order valence-electron chi connectivity index (χ1n) is 14.9. The third-order valence-corrected chi connectivity index (χ3v) is 10.2. The van der Waals surface area contributed by atoms with Crippen LogP contribution in [-0.4, -0.2) is 51.6 Å². The van der Waals surface area contributed by atoms with Crippen LogP contribution in [0.3, 0.4) is 0 Å². The molecule has 3 heterocycles. The van der Waals surface area contributed by atoms with Gasteiger partial charge in [-0.25, -0.2) is 22.9 Å². The number of hydrogen-bond acceptors (Lipinski definition) is 7. The molecule has 3 aromatic carbocycles. The molecule has 0 bridgehead atoms. The summed E-state index contributed by atoms with van der Waals surface area (Å²) in [5.41, 5.74) is 4.68. The van der Waals surface area contributed by atoms with Crippen LogP contribution in [0, 0.1) is 26.2 Å². The zero-order chi connectivity index (χ0) is 33.0. The Morgan fingerprint density at radius 2 is 1.78 bits per heavy atom. The lowest BCUT2D eigenvalue weighted by atomic mass is 9.92. The number of carboxylic acid groups (broad SMARTS) is 1. The van der Waals surface area contributed by atoms with Crippen LogP contribution in [0.1, 0.15) is 58.8 Å². The van der Waals surface area contributed by atoms with Gasteiger partial charge in [0.1, 0.15) is 5.82 Å². The van der Waals surface area contributed by atoms with Crippen LogP contribution in [0.5, 0.6) is 0 Å². The number of anilines is 1. The number of carbonyl (C=O) groups is 2. The average Bonchev–Trinajstić information content (AvgIpc) is 3.60. The van der Waals surface area contributed by atoms with Gasteiger partial charge in [0.25, 0.3) is 10.0 Å². The number of rotatable bonds is 9. The second-order valence-electron chi connectivity index (χ2n) is 12.4. The van der Waals surface area contributed by atoms with E-state index in [1.165, 1.54) is 6.07 Å². The van der Waals surface area contributed by atoms with E-state index in [4.69, 9.17) is 4.52 Å². The molecule has 1 fully saturated rings. The molecule has 1 saturated heterocycles. The van der Waals surface area contributed by atoms with E-state index in [1.807, 2.05) is 43.5 Å². The molecule has 12 heteroatoms. The molecular formula is C34H35N5O6S. The predicted octanol–water partition coefficient (Wildman–Crippen LogP) is 5.92. The second-order valence-corrected chi connectivity index (χ2v) is 14.1. The van der Waals surface area contributed by atoms with Crippen LogP contribution in [0.4, 0.5) is 5.88 Å². The molecule has 0 aliphatic carbocycles. The monoisotopic (exact) mass is 641 g/mol. The van der Waals surface area contributed by atoms with Crippen molar-refractivity contribution in [1.82, 2.24) is 19.6 Å². The van der Waals surface area contributed by atoms with Crippen LogP contribution in [-0.2, 0) is 27.9 Å².